The van der Waals surface area contributed by atoms with Gasteiger partial charge in [-0.25, -0.2) is 0 Å². The van der Waals surface area contributed by atoms with Gasteiger partial charge in [-0.3, -0.25) is 9.89 Å². The van der Waals surface area contributed by atoms with Gasteiger partial charge in [-0.1, -0.05) is 36.4 Å². The van der Waals surface area contributed by atoms with Crippen LogP contribution in [0.2, 0.25) is 0 Å². The molecular formula is C24H36IN5O. The maximum absolute atomic E-state index is 5.47. The van der Waals surface area contributed by atoms with Crippen LogP contribution in [0.1, 0.15) is 16.7 Å². The Balaban J connectivity index is 0.00000341. The van der Waals surface area contributed by atoms with Crippen molar-refractivity contribution in [3.05, 3.63) is 65.2 Å². The van der Waals surface area contributed by atoms with Crippen molar-refractivity contribution in [3.63, 3.8) is 0 Å². The standard InChI is InChI=1S/C24H35N5O.HI/c1-25-24(26-13-12-20-8-10-23(11-9-20)28(2)3)27-18-21-6-4-5-7-22(21)19-29-14-16-30-17-15-29;/h4-11H,12-19H2,1-3H3,(H2,25,26,27);1H. The lowest BCUT2D eigenvalue weighted by molar-refractivity contribution is 0.0341. The molecule has 0 saturated carbocycles. The van der Waals surface area contributed by atoms with Crippen molar-refractivity contribution in [1.29, 1.82) is 0 Å². The lowest BCUT2D eigenvalue weighted by atomic mass is 10.1. The van der Waals surface area contributed by atoms with E-state index in [2.05, 4.69) is 88.1 Å². The monoisotopic (exact) mass is 537 g/mol. The minimum atomic E-state index is 0. The van der Waals surface area contributed by atoms with Crippen LogP contribution < -0.4 is 15.5 Å². The minimum absolute atomic E-state index is 0. The average molecular weight is 537 g/mol. The van der Waals surface area contributed by atoms with Crippen molar-refractivity contribution in [3.8, 4) is 0 Å². The highest BCUT2D eigenvalue weighted by Gasteiger charge is 2.12. The van der Waals surface area contributed by atoms with Crippen molar-refractivity contribution in [2.45, 2.75) is 19.5 Å². The molecule has 1 saturated heterocycles. The zero-order valence-electron chi connectivity index (χ0n) is 18.9. The molecule has 0 aliphatic carbocycles. The minimum Gasteiger partial charge on any atom is -0.379 e. The second kappa shape index (κ2) is 13.5. The number of aliphatic imine (C=N–C) groups is 1. The lowest BCUT2D eigenvalue weighted by Gasteiger charge is -2.27. The molecule has 0 spiro atoms. The van der Waals surface area contributed by atoms with E-state index < -0.39 is 0 Å². The lowest BCUT2D eigenvalue weighted by Crippen LogP contribution is -2.38. The van der Waals surface area contributed by atoms with Crippen LogP contribution in [0.15, 0.2) is 53.5 Å². The van der Waals surface area contributed by atoms with E-state index in [0.29, 0.717) is 0 Å². The summed E-state index contributed by atoms with van der Waals surface area (Å²) in [5, 5.41) is 6.89. The van der Waals surface area contributed by atoms with Crippen LogP contribution in [0.25, 0.3) is 0 Å². The Labute approximate surface area is 204 Å². The van der Waals surface area contributed by atoms with E-state index in [1.807, 2.05) is 7.05 Å². The van der Waals surface area contributed by atoms with Gasteiger partial charge in [0.15, 0.2) is 5.96 Å². The van der Waals surface area contributed by atoms with E-state index >= 15 is 0 Å². The average Bonchev–Trinajstić information content (AvgIpc) is 2.78. The van der Waals surface area contributed by atoms with Crippen LogP contribution in [0.3, 0.4) is 0 Å². The van der Waals surface area contributed by atoms with Crippen molar-refractivity contribution in [1.82, 2.24) is 15.5 Å². The van der Waals surface area contributed by atoms with Gasteiger partial charge in [0, 0.05) is 59.6 Å². The molecule has 0 radical (unpaired) electrons. The van der Waals surface area contributed by atoms with E-state index in [0.717, 1.165) is 58.3 Å². The molecule has 1 fully saturated rings. The highest BCUT2D eigenvalue weighted by atomic mass is 127. The van der Waals surface area contributed by atoms with Crippen LogP contribution in [0.4, 0.5) is 5.69 Å². The first-order valence-electron chi connectivity index (χ1n) is 10.7. The summed E-state index contributed by atoms with van der Waals surface area (Å²) >= 11 is 0. The third-order valence-electron chi connectivity index (χ3n) is 5.44. The van der Waals surface area contributed by atoms with Gasteiger partial charge in [0.05, 0.1) is 13.2 Å². The fraction of sp³-hybridized carbons (Fsp3) is 0.458. The fourth-order valence-corrected chi connectivity index (χ4v) is 3.57. The number of hydrogen-bond acceptors (Lipinski definition) is 4. The first kappa shape index (κ1) is 25.4. The van der Waals surface area contributed by atoms with E-state index in [1.54, 1.807) is 0 Å². The summed E-state index contributed by atoms with van der Waals surface area (Å²) in [6.07, 6.45) is 0.960. The third kappa shape index (κ3) is 8.31. The summed E-state index contributed by atoms with van der Waals surface area (Å²) in [5.41, 5.74) is 5.22. The van der Waals surface area contributed by atoms with E-state index in [1.165, 1.54) is 22.4 Å². The third-order valence-corrected chi connectivity index (χ3v) is 5.44. The van der Waals surface area contributed by atoms with Gasteiger partial charge >= 0.3 is 0 Å². The molecule has 3 rings (SSSR count). The molecule has 0 atom stereocenters. The van der Waals surface area contributed by atoms with Gasteiger partial charge in [-0.15, -0.1) is 24.0 Å². The Hall–Kier alpha value is -1.84. The number of hydrogen-bond donors (Lipinski definition) is 2. The van der Waals surface area contributed by atoms with Gasteiger partial charge in [0.2, 0.25) is 0 Å². The summed E-state index contributed by atoms with van der Waals surface area (Å²) < 4.78 is 5.47. The molecule has 0 aromatic heterocycles. The van der Waals surface area contributed by atoms with E-state index in [-0.39, 0.29) is 24.0 Å². The maximum Gasteiger partial charge on any atom is 0.191 e. The van der Waals surface area contributed by atoms with Crippen LogP contribution in [0, 0.1) is 0 Å². The smallest absolute Gasteiger partial charge is 0.191 e. The highest BCUT2D eigenvalue weighted by Crippen LogP contribution is 2.13. The van der Waals surface area contributed by atoms with Crippen LogP contribution in [-0.2, 0) is 24.2 Å². The topological polar surface area (TPSA) is 52.1 Å². The molecule has 1 aliphatic heterocycles. The van der Waals surface area contributed by atoms with Crippen molar-refractivity contribution < 1.29 is 4.74 Å². The highest BCUT2D eigenvalue weighted by molar-refractivity contribution is 14.0. The van der Waals surface area contributed by atoms with E-state index in [9.17, 15) is 0 Å². The van der Waals surface area contributed by atoms with Crippen LogP contribution >= 0.6 is 24.0 Å². The number of anilines is 1. The van der Waals surface area contributed by atoms with Gasteiger partial charge in [0.1, 0.15) is 0 Å². The quantitative estimate of drug-likeness (QED) is 0.308. The predicted molar refractivity (Wildman–Crippen MR) is 141 cm³/mol. The molecule has 31 heavy (non-hydrogen) atoms. The molecule has 0 amide bonds. The molecular weight excluding hydrogens is 501 g/mol. The molecule has 170 valence electrons. The van der Waals surface area contributed by atoms with Gasteiger partial charge < -0.3 is 20.3 Å². The normalized spacial score (nSPS) is 14.6. The number of nitrogens with zero attached hydrogens (tertiary/aromatic N) is 3. The second-order valence-corrected chi connectivity index (χ2v) is 7.82. The predicted octanol–water partition coefficient (Wildman–Crippen LogP) is 3.11. The van der Waals surface area contributed by atoms with Crippen molar-refractivity contribution >= 4 is 35.6 Å². The first-order chi connectivity index (χ1) is 14.7. The van der Waals surface area contributed by atoms with Gasteiger partial charge in [-0.05, 0) is 35.2 Å². The number of ether oxygens (including phenoxy) is 1. The number of guanidine groups is 1. The van der Waals surface area contributed by atoms with Crippen molar-refractivity contribution in [2.24, 2.45) is 4.99 Å². The largest absolute Gasteiger partial charge is 0.379 e. The molecule has 1 aliphatic rings. The Morgan fingerprint density at radius 3 is 2.32 bits per heavy atom. The molecule has 2 aromatic carbocycles. The number of nitrogens with one attached hydrogen (secondary N) is 2. The fourth-order valence-electron chi connectivity index (χ4n) is 3.57. The number of rotatable bonds is 8. The molecule has 0 bridgehead atoms. The zero-order valence-corrected chi connectivity index (χ0v) is 21.3. The second-order valence-electron chi connectivity index (χ2n) is 7.82. The Morgan fingerprint density at radius 2 is 1.68 bits per heavy atom. The molecule has 7 heteroatoms. The van der Waals surface area contributed by atoms with Gasteiger partial charge in [0.25, 0.3) is 0 Å². The molecule has 1 heterocycles. The Bertz CT molecular complexity index is 804. The Morgan fingerprint density at radius 1 is 1.00 bits per heavy atom. The summed E-state index contributed by atoms with van der Waals surface area (Å²) in [6, 6.07) is 17.3. The zero-order chi connectivity index (χ0) is 21.2. The van der Waals surface area contributed by atoms with Crippen LogP contribution in [-0.4, -0.2) is 64.9 Å². The van der Waals surface area contributed by atoms with Gasteiger partial charge in [-0.2, -0.15) is 0 Å². The molecule has 6 nitrogen and oxygen atoms in total. The Kier molecular flexibility index (Phi) is 11.1. The van der Waals surface area contributed by atoms with Crippen LogP contribution in [0.5, 0.6) is 0 Å². The molecule has 2 aromatic rings. The van der Waals surface area contributed by atoms with E-state index in [4.69, 9.17) is 4.74 Å². The molecule has 0 unspecified atom stereocenters. The number of morpholine rings is 1. The van der Waals surface area contributed by atoms with Crippen molar-refractivity contribution in [2.75, 3.05) is 58.9 Å². The maximum atomic E-state index is 5.47. The first-order valence-corrected chi connectivity index (χ1v) is 10.7. The SMILES string of the molecule is CN=C(NCCc1ccc(N(C)C)cc1)NCc1ccccc1CN1CCOCC1.I. The molecule has 2 N–H and O–H groups in total. The summed E-state index contributed by atoms with van der Waals surface area (Å²) in [5.74, 6) is 0.834. The summed E-state index contributed by atoms with van der Waals surface area (Å²) in [7, 11) is 5.94. The number of halogens is 1. The summed E-state index contributed by atoms with van der Waals surface area (Å²) in [4.78, 5) is 8.95. The number of benzene rings is 2. The summed E-state index contributed by atoms with van der Waals surface area (Å²) in [6.45, 7) is 6.23.